The summed E-state index contributed by atoms with van der Waals surface area (Å²) in [6, 6.07) is 17.1. The zero-order valence-electron chi connectivity index (χ0n) is 22.7. The molecule has 3 aromatic rings. The van der Waals surface area contributed by atoms with Crippen LogP contribution in [0, 0.1) is 5.92 Å². The number of hydrogen-bond acceptors (Lipinski definition) is 4. The van der Waals surface area contributed by atoms with Crippen molar-refractivity contribution in [3.63, 3.8) is 0 Å². The van der Waals surface area contributed by atoms with Gasteiger partial charge in [0.05, 0.1) is 0 Å². The third-order valence-corrected chi connectivity index (χ3v) is 7.03. The second kappa shape index (κ2) is 14.0. The highest BCUT2D eigenvalue weighted by molar-refractivity contribution is 6.10. The summed E-state index contributed by atoms with van der Waals surface area (Å²) in [6.45, 7) is 9.20. The zero-order chi connectivity index (χ0) is 29.3. The molecule has 1 saturated heterocycles. The minimum absolute atomic E-state index is 0.00874. The number of carbonyl (C=O) groups excluding carboxylic acids is 2. The number of nitrogens with one attached hydrogen (secondary N) is 1. The van der Waals surface area contributed by atoms with Crippen LogP contribution in [0.15, 0.2) is 60.8 Å². The van der Waals surface area contributed by atoms with Crippen molar-refractivity contribution >= 4 is 34.4 Å². The maximum atomic E-state index is 13.5. The summed E-state index contributed by atoms with van der Waals surface area (Å²) in [5.74, 6) is -2.28. The smallest absolute Gasteiger partial charge is 0.475 e. The number of rotatable bonds is 8. The Labute approximate surface area is 231 Å². The van der Waals surface area contributed by atoms with Gasteiger partial charge in [0.25, 0.3) is 5.91 Å². The van der Waals surface area contributed by atoms with Crippen LogP contribution in [0.1, 0.15) is 37.0 Å². The van der Waals surface area contributed by atoms with Gasteiger partial charge in [0.2, 0.25) is 5.91 Å². The predicted molar refractivity (Wildman–Crippen MR) is 147 cm³/mol. The Bertz CT molecular complexity index is 1270. The minimum atomic E-state index is -5.08. The van der Waals surface area contributed by atoms with E-state index in [0.717, 1.165) is 62.2 Å². The van der Waals surface area contributed by atoms with Gasteiger partial charge in [0.15, 0.2) is 0 Å². The Hall–Kier alpha value is -3.86. The molecule has 2 aromatic carbocycles. The first-order chi connectivity index (χ1) is 19.0. The van der Waals surface area contributed by atoms with E-state index in [1.807, 2.05) is 65.7 Å². The summed E-state index contributed by atoms with van der Waals surface area (Å²) in [4.78, 5) is 44.8. The first-order valence-corrected chi connectivity index (χ1v) is 13.3. The SMILES string of the molecule is CCN(CC)CC1CCN(C(=O)CN(C(=O)c2ccc3cc[nH]c3c2)c2ccccc2)CC1.O=C(O)C(F)(F)F. The average Bonchev–Trinajstić information content (AvgIpc) is 3.43. The number of aliphatic carboxylic acids is 1. The summed E-state index contributed by atoms with van der Waals surface area (Å²) in [7, 11) is 0. The van der Waals surface area contributed by atoms with Crippen LogP contribution in [-0.4, -0.2) is 83.1 Å². The van der Waals surface area contributed by atoms with Gasteiger partial charge < -0.3 is 19.9 Å². The van der Waals surface area contributed by atoms with Crippen molar-refractivity contribution < 1.29 is 32.7 Å². The van der Waals surface area contributed by atoms with Gasteiger partial charge in [-0.05, 0) is 67.6 Å². The van der Waals surface area contributed by atoms with Crippen LogP contribution in [0.3, 0.4) is 0 Å². The molecule has 0 atom stereocenters. The van der Waals surface area contributed by atoms with Gasteiger partial charge in [-0.25, -0.2) is 4.79 Å². The molecule has 2 heterocycles. The lowest BCUT2D eigenvalue weighted by Crippen LogP contribution is -2.47. The number of alkyl halides is 3. The number of fused-ring (bicyclic) bond motifs is 1. The maximum Gasteiger partial charge on any atom is 0.490 e. The Kier molecular flexibility index (Phi) is 10.7. The van der Waals surface area contributed by atoms with Crippen LogP contribution in [0.5, 0.6) is 0 Å². The fourth-order valence-electron chi connectivity index (χ4n) is 4.67. The van der Waals surface area contributed by atoms with Crippen molar-refractivity contribution in [2.45, 2.75) is 32.9 Å². The number of nitrogens with zero attached hydrogens (tertiary/aromatic N) is 3. The second-order valence-corrected chi connectivity index (χ2v) is 9.62. The van der Waals surface area contributed by atoms with E-state index in [0.29, 0.717) is 11.5 Å². The fraction of sp³-hybridized carbons (Fsp3) is 0.414. The number of hydrogen-bond donors (Lipinski definition) is 2. The van der Waals surface area contributed by atoms with Crippen molar-refractivity contribution in [3.8, 4) is 0 Å². The quantitative estimate of drug-likeness (QED) is 0.403. The molecule has 1 aromatic heterocycles. The number of benzene rings is 2. The Morgan fingerprint density at radius 3 is 2.20 bits per heavy atom. The van der Waals surface area contributed by atoms with Gasteiger partial charge in [-0.3, -0.25) is 14.5 Å². The molecule has 4 rings (SSSR count). The van der Waals surface area contributed by atoms with Crippen LogP contribution in [-0.2, 0) is 9.59 Å². The lowest BCUT2D eigenvalue weighted by molar-refractivity contribution is -0.192. The van der Waals surface area contributed by atoms with Crippen molar-refractivity contribution in [1.29, 1.82) is 0 Å². The van der Waals surface area contributed by atoms with Crippen LogP contribution in [0.2, 0.25) is 0 Å². The van der Waals surface area contributed by atoms with Crippen molar-refractivity contribution in [2.24, 2.45) is 5.92 Å². The van der Waals surface area contributed by atoms with E-state index in [1.165, 1.54) is 0 Å². The van der Waals surface area contributed by atoms with E-state index in [2.05, 4.69) is 23.7 Å². The van der Waals surface area contributed by atoms with E-state index in [9.17, 15) is 22.8 Å². The molecule has 0 saturated carbocycles. The predicted octanol–water partition coefficient (Wildman–Crippen LogP) is 5.03. The third kappa shape index (κ3) is 8.32. The monoisotopic (exact) mass is 560 g/mol. The van der Waals surface area contributed by atoms with Crippen LogP contribution in [0.25, 0.3) is 10.9 Å². The molecule has 1 fully saturated rings. The molecule has 0 unspecified atom stereocenters. The number of likely N-dealkylation sites (tertiary alicyclic amines) is 1. The van der Waals surface area contributed by atoms with E-state index in [4.69, 9.17) is 9.90 Å². The summed E-state index contributed by atoms with van der Waals surface area (Å²) in [5, 5.41) is 8.18. The maximum absolute atomic E-state index is 13.5. The molecule has 11 heteroatoms. The van der Waals surface area contributed by atoms with E-state index in [-0.39, 0.29) is 18.4 Å². The summed E-state index contributed by atoms with van der Waals surface area (Å²) >= 11 is 0. The molecule has 0 bridgehead atoms. The fourth-order valence-corrected chi connectivity index (χ4v) is 4.67. The molecule has 0 radical (unpaired) electrons. The number of carbonyl (C=O) groups is 3. The van der Waals surface area contributed by atoms with Gasteiger partial charge in [0, 0.05) is 42.6 Å². The standard InChI is InChI=1S/C27H34N4O2.C2HF3O2/c1-3-29(4-2)19-21-13-16-30(17-14-21)26(32)20-31(24-8-6-5-7-9-24)27(33)23-11-10-22-12-15-28-25(22)18-23;3-2(4,5)1(6)7/h5-12,15,18,21,28H,3-4,13-14,16-17,19-20H2,1-2H3;(H,6,7). The number of piperidine rings is 1. The third-order valence-electron chi connectivity index (χ3n) is 7.03. The lowest BCUT2D eigenvalue weighted by Gasteiger charge is -2.35. The van der Waals surface area contributed by atoms with E-state index < -0.39 is 12.1 Å². The summed E-state index contributed by atoms with van der Waals surface area (Å²) in [5.41, 5.74) is 2.22. The number of amides is 2. The number of aromatic nitrogens is 1. The van der Waals surface area contributed by atoms with Crippen molar-refractivity contribution in [3.05, 3.63) is 66.4 Å². The Morgan fingerprint density at radius 1 is 1.00 bits per heavy atom. The second-order valence-electron chi connectivity index (χ2n) is 9.62. The largest absolute Gasteiger partial charge is 0.490 e. The van der Waals surface area contributed by atoms with Crippen LogP contribution < -0.4 is 4.90 Å². The molecule has 2 N–H and O–H groups in total. The van der Waals surface area contributed by atoms with Crippen LogP contribution in [0.4, 0.5) is 18.9 Å². The number of halogens is 3. The van der Waals surface area contributed by atoms with Crippen molar-refractivity contribution in [2.75, 3.05) is 44.2 Å². The number of aromatic amines is 1. The van der Waals surface area contributed by atoms with Gasteiger partial charge in [-0.1, -0.05) is 38.1 Å². The van der Waals surface area contributed by atoms with Gasteiger partial charge >= 0.3 is 12.1 Å². The number of carboxylic acid groups (broad SMARTS) is 1. The molecule has 1 aliphatic heterocycles. The highest BCUT2D eigenvalue weighted by Crippen LogP contribution is 2.22. The first-order valence-electron chi connectivity index (χ1n) is 13.3. The molecular weight excluding hydrogens is 525 g/mol. The first kappa shape index (κ1) is 30.7. The molecular formula is C29H35F3N4O4. The minimum Gasteiger partial charge on any atom is -0.475 e. The topological polar surface area (TPSA) is 97.0 Å². The normalized spacial score (nSPS) is 14.1. The molecule has 0 spiro atoms. The molecule has 0 aliphatic carbocycles. The van der Waals surface area contributed by atoms with E-state index >= 15 is 0 Å². The number of H-pyrrole nitrogens is 1. The average molecular weight is 561 g/mol. The molecule has 1 aliphatic rings. The summed E-state index contributed by atoms with van der Waals surface area (Å²) in [6.07, 6.45) is -1.18. The summed E-state index contributed by atoms with van der Waals surface area (Å²) < 4.78 is 31.7. The van der Waals surface area contributed by atoms with Crippen LogP contribution >= 0.6 is 0 Å². The highest BCUT2D eigenvalue weighted by Gasteiger charge is 2.38. The number of anilines is 1. The van der Waals surface area contributed by atoms with E-state index in [1.54, 1.807) is 4.90 Å². The molecule has 216 valence electrons. The Morgan fingerprint density at radius 2 is 1.62 bits per heavy atom. The zero-order valence-corrected chi connectivity index (χ0v) is 22.7. The van der Waals surface area contributed by atoms with Crippen molar-refractivity contribution in [1.82, 2.24) is 14.8 Å². The van der Waals surface area contributed by atoms with Gasteiger partial charge in [-0.2, -0.15) is 13.2 Å². The molecule has 8 nitrogen and oxygen atoms in total. The number of para-hydroxylation sites is 1. The molecule has 40 heavy (non-hydrogen) atoms. The lowest BCUT2D eigenvalue weighted by atomic mass is 9.96. The highest BCUT2D eigenvalue weighted by atomic mass is 19.4. The molecule has 2 amide bonds. The number of carboxylic acids is 1. The van der Waals surface area contributed by atoms with Gasteiger partial charge in [-0.15, -0.1) is 0 Å². The van der Waals surface area contributed by atoms with Gasteiger partial charge in [0.1, 0.15) is 6.54 Å². The Balaban J connectivity index is 0.000000559.